The Morgan fingerprint density at radius 3 is 2.91 bits per heavy atom. The van der Waals surface area contributed by atoms with E-state index in [1.807, 2.05) is 13.0 Å². The molecule has 1 aromatic rings. The fourth-order valence-electron chi connectivity index (χ4n) is 2.43. The number of benzene rings is 1. The van der Waals surface area contributed by atoms with E-state index >= 15 is 0 Å². The van der Waals surface area contributed by atoms with Crippen molar-refractivity contribution in [1.29, 1.82) is 0 Å². The Hall–Kier alpha value is -1.33. The van der Waals surface area contributed by atoms with Gasteiger partial charge in [0.1, 0.15) is 0 Å². The molecule has 1 aliphatic carbocycles. The third-order valence-corrected chi connectivity index (χ3v) is 4.85. The lowest BCUT2D eigenvalue weighted by Gasteiger charge is -2.20. The van der Waals surface area contributed by atoms with Gasteiger partial charge in [-0.05, 0) is 67.2 Å². The number of nitrogens with zero attached hydrogens (tertiary/aromatic N) is 1. The first-order chi connectivity index (χ1) is 11.0. The number of rotatable bonds is 5. The molecule has 0 heterocycles. The Balaban J connectivity index is 1.81. The molecular formula is C17H21BrClN3O. The monoisotopic (exact) mass is 397 g/mol. The summed E-state index contributed by atoms with van der Waals surface area (Å²) in [5.74, 6) is 0.256. The molecule has 124 valence electrons. The molecule has 1 aliphatic rings. The first kappa shape index (κ1) is 18.0. The summed E-state index contributed by atoms with van der Waals surface area (Å²) in [7, 11) is 0. The highest BCUT2D eigenvalue weighted by atomic mass is 79.9. The Labute approximate surface area is 150 Å². The van der Waals surface area contributed by atoms with Gasteiger partial charge in [-0.25, -0.2) is 5.43 Å². The summed E-state index contributed by atoms with van der Waals surface area (Å²) >= 11 is 9.29. The third kappa shape index (κ3) is 5.66. The highest BCUT2D eigenvalue weighted by Gasteiger charge is 2.15. The van der Waals surface area contributed by atoms with Crippen LogP contribution in [0.5, 0.6) is 0 Å². The lowest BCUT2D eigenvalue weighted by atomic mass is 9.87. The number of carbonyl (C=O) groups is 1. The molecule has 23 heavy (non-hydrogen) atoms. The zero-order valence-electron chi connectivity index (χ0n) is 13.3. The number of halogens is 2. The first-order valence-electron chi connectivity index (χ1n) is 7.63. The second kappa shape index (κ2) is 8.50. The maximum absolute atomic E-state index is 11.9. The van der Waals surface area contributed by atoms with E-state index in [9.17, 15) is 4.79 Å². The summed E-state index contributed by atoms with van der Waals surface area (Å²) < 4.78 is 0.821. The molecule has 0 aromatic heterocycles. The van der Waals surface area contributed by atoms with Crippen LogP contribution in [0.1, 0.15) is 33.1 Å². The van der Waals surface area contributed by atoms with E-state index in [4.69, 9.17) is 11.6 Å². The quantitative estimate of drug-likeness (QED) is 0.427. The van der Waals surface area contributed by atoms with Crippen LogP contribution in [0.4, 0.5) is 5.69 Å². The van der Waals surface area contributed by atoms with Gasteiger partial charge in [0.15, 0.2) is 0 Å². The van der Waals surface area contributed by atoms with Crippen molar-refractivity contribution in [3.8, 4) is 0 Å². The summed E-state index contributed by atoms with van der Waals surface area (Å²) in [5.41, 5.74) is 5.86. The molecule has 1 unspecified atom stereocenters. The minimum atomic E-state index is -0.172. The van der Waals surface area contributed by atoms with Crippen molar-refractivity contribution in [3.05, 3.63) is 39.3 Å². The molecule has 0 radical (unpaired) electrons. The molecule has 0 bridgehead atoms. The second-order valence-electron chi connectivity index (χ2n) is 5.79. The molecule has 0 saturated heterocycles. The van der Waals surface area contributed by atoms with Crippen LogP contribution >= 0.6 is 27.5 Å². The Bertz CT molecular complexity index is 643. The lowest BCUT2D eigenvalue weighted by Crippen LogP contribution is -2.28. The van der Waals surface area contributed by atoms with Crippen LogP contribution in [-0.2, 0) is 4.79 Å². The average molecular weight is 399 g/mol. The van der Waals surface area contributed by atoms with Crippen LogP contribution in [0.25, 0.3) is 0 Å². The van der Waals surface area contributed by atoms with E-state index < -0.39 is 0 Å². The maximum Gasteiger partial charge on any atom is 0.259 e. The molecule has 0 saturated carbocycles. The first-order valence-corrected chi connectivity index (χ1v) is 8.80. The predicted octanol–water partition coefficient (Wildman–Crippen LogP) is 4.75. The van der Waals surface area contributed by atoms with Gasteiger partial charge in [-0.2, -0.15) is 5.10 Å². The van der Waals surface area contributed by atoms with Gasteiger partial charge in [0.25, 0.3) is 5.91 Å². The summed E-state index contributed by atoms with van der Waals surface area (Å²) in [6.45, 7) is 4.29. The standard InChI is InChI=1S/C17H21BrClN3O/c1-11-3-5-13(6-4-11)12(2)21-22-17(23)10-20-16-8-7-14(19)9-15(16)18/h3,7-9,13,20H,4-6,10H2,1-2H3,(H,22,23). The number of carbonyl (C=O) groups excluding carboxylic acids is 1. The zero-order valence-corrected chi connectivity index (χ0v) is 15.7. The molecule has 0 fully saturated rings. The van der Waals surface area contributed by atoms with E-state index in [2.05, 4.69) is 44.8 Å². The minimum Gasteiger partial charge on any atom is -0.375 e. The van der Waals surface area contributed by atoms with Crippen molar-refractivity contribution in [2.45, 2.75) is 33.1 Å². The molecule has 0 aliphatic heterocycles. The van der Waals surface area contributed by atoms with E-state index in [-0.39, 0.29) is 12.5 Å². The molecule has 1 atom stereocenters. The van der Waals surface area contributed by atoms with E-state index in [0.717, 1.165) is 35.1 Å². The highest BCUT2D eigenvalue weighted by Crippen LogP contribution is 2.26. The SMILES string of the molecule is CC1=CCC(C(C)=NNC(=O)CNc2ccc(Cl)cc2Br)CC1. The fourth-order valence-corrected chi connectivity index (χ4v) is 3.26. The average Bonchev–Trinajstić information content (AvgIpc) is 2.52. The van der Waals surface area contributed by atoms with Gasteiger partial charge in [0.05, 0.1) is 6.54 Å². The summed E-state index contributed by atoms with van der Waals surface area (Å²) in [5, 5.41) is 7.93. The largest absolute Gasteiger partial charge is 0.375 e. The summed E-state index contributed by atoms with van der Waals surface area (Å²) in [4.78, 5) is 11.9. The van der Waals surface area contributed by atoms with Crippen LogP contribution < -0.4 is 10.7 Å². The van der Waals surface area contributed by atoms with Gasteiger partial charge in [-0.15, -0.1) is 0 Å². The Morgan fingerprint density at radius 2 is 2.26 bits per heavy atom. The molecule has 4 nitrogen and oxygen atoms in total. The van der Waals surface area contributed by atoms with Crippen molar-refractivity contribution in [2.24, 2.45) is 11.0 Å². The second-order valence-corrected chi connectivity index (χ2v) is 7.08. The van der Waals surface area contributed by atoms with Crippen LogP contribution in [0, 0.1) is 5.92 Å². The van der Waals surface area contributed by atoms with Crippen molar-refractivity contribution >= 4 is 44.8 Å². The van der Waals surface area contributed by atoms with Crippen LogP contribution in [0.15, 0.2) is 39.4 Å². The van der Waals surface area contributed by atoms with Crippen LogP contribution in [0.2, 0.25) is 5.02 Å². The number of hydrogen-bond acceptors (Lipinski definition) is 3. The third-order valence-electron chi connectivity index (χ3n) is 3.96. The fraction of sp³-hybridized carbons (Fsp3) is 0.412. The topological polar surface area (TPSA) is 53.5 Å². The number of amides is 1. The molecule has 1 aromatic carbocycles. The van der Waals surface area contributed by atoms with Gasteiger partial charge >= 0.3 is 0 Å². The van der Waals surface area contributed by atoms with Gasteiger partial charge < -0.3 is 5.32 Å². The molecule has 0 spiro atoms. The molecule has 2 N–H and O–H groups in total. The zero-order chi connectivity index (χ0) is 16.8. The number of anilines is 1. The lowest BCUT2D eigenvalue weighted by molar-refractivity contribution is -0.119. The van der Waals surface area contributed by atoms with Crippen molar-refractivity contribution in [3.63, 3.8) is 0 Å². The minimum absolute atomic E-state index is 0.153. The molecule has 1 amide bonds. The van der Waals surface area contributed by atoms with Gasteiger partial charge in [0.2, 0.25) is 0 Å². The Kier molecular flexibility index (Phi) is 6.66. The van der Waals surface area contributed by atoms with E-state index in [0.29, 0.717) is 10.9 Å². The Morgan fingerprint density at radius 1 is 1.48 bits per heavy atom. The maximum atomic E-state index is 11.9. The van der Waals surface area contributed by atoms with Crippen molar-refractivity contribution in [2.75, 3.05) is 11.9 Å². The number of hydrogen-bond donors (Lipinski definition) is 2. The molecular weight excluding hydrogens is 378 g/mol. The van der Waals surface area contributed by atoms with Gasteiger partial charge in [-0.3, -0.25) is 4.79 Å². The van der Waals surface area contributed by atoms with Crippen LogP contribution in [-0.4, -0.2) is 18.2 Å². The summed E-state index contributed by atoms with van der Waals surface area (Å²) in [6.07, 6.45) is 5.47. The number of nitrogens with one attached hydrogen (secondary N) is 2. The summed E-state index contributed by atoms with van der Waals surface area (Å²) in [6, 6.07) is 5.38. The van der Waals surface area contributed by atoms with Gasteiger partial charge in [0, 0.05) is 26.8 Å². The predicted molar refractivity (Wildman–Crippen MR) is 100.0 cm³/mol. The van der Waals surface area contributed by atoms with Crippen LogP contribution in [0.3, 0.4) is 0 Å². The van der Waals surface area contributed by atoms with Gasteiger partial charge in [-0.1, -0.05) is 23.3 Å². The molecule has 6 heteroatoms. The highest BCUT2D eigenvalue weighted by molar-refractivity contribution is 9.10. The van der Waals surface area contributed by atoms with Crippen molar-refractivity contribution in [1.82, 2.24) is 5.43 Å². The van der Waals surface area contributed by atoms with E-state index in [1.54, 1.807) is 12.1 Å². The number of hydrazone groups is 1. The normalized spacial score (nSPS) is 18.3. The van der Waals surface area contributed by atoms with Crippen molar-refractivity contribution < 1.29 is 4.79 Å². The number of allylic oxidation sites excluding steroid dienone is 2. The molecule has 2 rings (SSSR count). The smallest absolute Gasteiger partial charge is 0.259 e. The van der Waals surface area contributed by atoms with E-state index in [1.165, 1.54) is 5.57 Å².